The SMILES string of the molecule is C=C(C(=O)[O-])C1CCCCC1O. The molecule has 1 fully saturated rings. The molecule has 2 unspecified atom stereocenters. The van der Waals surface area contributed by atoms with Gasteiger partial charge in [-0.05, 0) is 18.4 Å². The molecule has 0 heterocycles. The summed E-state index contributed by atoms with van der Waals surface area (Å²) in [6.45, 7) is 3.41. The van der Waals surface area contributed by atoms with Gasteiger partial charge in [0.05, 0.1) is 12.1 Å². The third-order valence-corrected chi connectivity index (χ3v) is 2.44. The monoisotopic (exact) mass is 169 g/mol. The van der Waals surface area contributed by atoms with E-state index in [1.54, 1.807) is 0 Å². The fourth-order valence-corrected chi connectivity index (χ4v) is 1.67. The fraction of sp³-hybridized carbons (Fsp3) is 0.667. The van der Waals surface area contributed by atoms with Gasteiger partial charge < -0.3 is 15.0 Å². The average molecular weight is 169 g/mol. The number of aliphatic carboxylic acids is 1. The molecule has 0 aromatic rings. The highest BCUT2D eigenvalue weighted by molar-refractivity contribution is 5.84. The lowest BCUT2D eigenvalue weighted by molar-refractivity contribution is -0.300. The van der Waals surface area contributed by atoms with Crippen LogP contribution in [0.25, 0.3) is 0 Å². The van der Waals surface area contributed by atoms with E-state index >= 15 is 0 Å². The predicted molar refractivity (Wildman–Crippen MR) is 42.1 cm³/mol. The fourth-order valence-electron chi connectivity index (χ4n) is 1.67. The van der Waals surface area contributed by atoms with E-state index in [0.717, 1.165) is 12.8 Å². The van der Waals surface area contributed by atoms with E-state index in [1.165, 1.54) is 0 Å². The van der Waals surface area contributed by atoms with Crippen LogP contribution in [0.5, 0.6) is 0 Å². The highest BCUT2D eigenvalue weighted by Crippen LogP contribution is 2.28. The number of aliphatic hydroxyl groups is 1. The predicted octanol–water partition coefficient (Wildman–Crippen LogP) is -0.156. The minimum absolute atomic E-state index is 0.0437. The van der Waals surface area contributed by atoms with Gasteiger partial charge >= 0.3 is 0 Å². The van der Waals surface area contributed by atoms with Gasteiger partial charge in [-0.15, -0.1) is 0 Å². The van der Waals surface area contributed by atoms with E-state index in [0.29, 0.717) is 12.8 Å². The topological polar surface area (TPSA) is 60.4 Å². The Kier molecular flexibility index (Phi) is 2.87. The molecule has 0 saturated heterocycles. The van der Waals surface area contributed by atoms with Crippen molar-refractivity contribution in [3.63, 3.8) is 0 Å². The van der Waals surface area contributed by atoms with Gasteiger partial charge in [-0.25, -0.2) is 0 Å². The number of hydrogen-bond acceptors (Lipinski definition) is 3. The Morgan fingerprint density at radius 1 is 1.42 bits per heavy atom. The highest BCUT2D eigenvalue weighted by Gasteiger charge is 2.25. The maximum atomic E-state index is 10.4. The third kappa shape index (κ3) is 1.85. The molecule has 0 aromatic carbocycles. The van der Waals surface area contributed by atoms with Crippen molar-refractivity contribution in [1.82, 2.24) is 0 Å². The van der Waals surface area contributed by atoms with E-state index in [4.69, 9.17) is 0 Å². The second-order valence-corrected chi connectivity index (χ2v) is 3.27. The lowest BCUT2D eigenvalue weighted by Gasteiger charge is -2.29. The van der Waals surface area contributed by atoms with Gasteiger partial charge in [0.25, 0.3) is 0 Å². The number of carboxylic acid groups (broad SMARTS) is 1. The second kappa shape index (κ2) is 3.72. The minimum atomic E-state index is -1.24. The molecule has 1 N–H and O–H groups in total. The van der Waals surface area contributed by atoms with Gasteiger partial charge in [-0.1, -0.05) is 19.4 Å². The first-order valence-electron chi connectivity index (χ1n) is 4.21. The summed E-state index contributed by atoms with van der Waals surface area (Å²) in [6.07, 6.45) is 2.79. The summed E-state index contributed by atoms with van der Waals surface area (Å²) in [7, 11) is 0. The van der Waals surface area contributed by atoms with Gasteiger partial charge in [0.1, 0.15) is 0 Å². The summed E-state index contributed by atoms with van der Waals surface area (Å²) < 4.78 is 0. The van der Waals surface area contributed by atoms with Gasteiger partial charge in [0.15, 0.2) is 0 Å². The first kappa shape index (κ1) is 9.26. The maximum absolute atomic E-state index is 10.4. The number of rotatable bonds is 2. The quantitative estimate of drug-likeness (QED) is 0.584. The number of carbonyl (C=O) groups is 1. The Labute approximate surface area is 71.7 Å². The third-order valence-electron chi connectivity index (χ3n) is 2.44. The molecule has 3 nitrogen and oxygen atoms in total. The summed E-state index contributed by atoms with van der Waals surface area (Å²) in [5.74, 6) is -1.52. The van der Waals surface area contributed by atoms with Crippen LogP contribution in [0.15, 0.2) is 12.2 Å². The van der Waals surface area contributed by atoms with Crippen LogP contribution in [0.1, 0.15) is 25.7 Å². The van der Waals surface area contributed by atoms with Crippen molar-refractivity contribution in [2.24, 2.45) is 5.92 Å². The number of carboxylic acids is 1. The number of carbonyl (C=O) groups excluding carboxylic acids is 1. The zero-order chi connectivity index (χ0) is 9.14. The lowest BCUT2D eigenvalue weighted by atomic mass is 9.82. The van der Waals surface area contributed by atoms with Crippen LogP contribution in [0.3, 0.4) is 0 Å². The van der Waals surface area contributed by atoms with E-state index in [1.807, 2.05) is 0 Å². The summed E-state index contributed by atoms with van der Waals surface area (Å²) in [5, 5.41) is 19.9. The molecule has 0 aromatic heterocycles. The van der Waals surface area contributed by atoms with Gasteiger partial charge in [-0.2, -0.15) is 0 Å². The van der Waals surface area contributed by atoms with Crippen LogP contribution in [0, 0.1) is 5.92 Å². The van der Waals surface area contributed by atoms with Gasteiger partial charge in [0, 0.05) is 5.92 Å². The Morgan fingerprint density at radius 2 is 2.00 bits per heavy atom. The molecule has 0 aliphatic heterocycles. The molecule has 68 valence electrons. The summed E-state index contributed by atoms with van der Waals surface area (Å²) in [4.78, 5) is 10.4. The van der Waals surface area contributed by atoms with Gasteiger partial charge in [-0.3, -0.25) is 0 Å². The second-order valence-electron chi connectivity index (χ2n) is 3.27. The summed E-state index contributed by atoms with van der Waals surface area (Å²) >= 11 is 0. The van der Waals surface area contributed by atoms with E-state index < -0.39 is 12.1 Å². The molecule has 12 heavy (non-hydrogen) atoms. The van der Waals surface area contributed by atoms with Gasteiger partial charge in [0.2, 0.25) is 0 Å². The molecular weight excluding hydrogens is 156 g/mol. The highest BCUT2D eigenvalue weighted by atomic mass is 16.4. The summed E-state index contributed by atoms with van der Waals surface area (Å²) in [6, 6.07) is 0. The molecule has 0 amide bonds. The smallest absolute Gasteiger partial charge is 0.0672 e. The van der Waals surface area contributed by atoms with Crippen molar-refractivity contribution in [2.75, 3.05) is 0 Å². The van der Waals surface area contributed by atoms with Crippen molar-refractivity contribution >= 4 is 5.97 Å². The Morgan fingerprint density at radius 3 is 2.50 bits per heavy atom. The Hall–Kier alpha value is -0.830. The van der Waals surface area contributed by atoms with E-state index in [2.05, 4.69) is 6.58 Å². The van der Waals surface area contributed by atoms with Crippen molar-refractivity contribution in [3.05, 3.63) is 12.2 Å². The number of aliphatic hydroxyl groups excluding tert-OH is 1. The van der Waals surface area contributed by atoms with Crippen molar-refractivity contribution < 1.29 is 15.0 Å². The largest absolute Gasteiger partial charge is 0.545 e. The van der Waals surface area contributed by atoms with Crippen LogP contribution >= 0.6 is 0 Å². The van der Waals surface area contributed by atoms with Crippen LogP contribution < -0.4 is 5.11 Å². The Balaban J connectivity index is 2.59. The van der Waals surface area contributed by atoms with Crippen LogP contribution in [-0.2, 0) is 4.79 Å². The molecule has 1 aliphatic carbocycles. The van der Waals surface area contributed by atoms with Crippen molar-refractivity contribution in [3.8, 4) is 0 Å². The molecule has 1 aliphatic rings. The zero-order valence-corrected chi connectivity index (χ0v) is 6.95. The average Bonchev–Trinajstić information content (AvgIpc) is 2.04. The standard InChI is InChI=1S/C9H14O3/c1-6(9(11)12)7-4-2-3-5-8(7)10/h7-8,10H,1-5H2,(H,11,12)/p-1. The first-order valence-corrected chi connectivity index (χ1v) is 4.21. The zero-order valence-electron chi connectivity index (χ0n) is 6.95. The minimum Gasteiger partial charge on any atom is -0.545 e. The molecule has 0 radical (unpaired) electrons. The molecule has 0 bridgehead atoms. The van der Waals surface area contributed by atoms with Crippen molar-refractivity contribution in [1.29, 1.82) is 0 Å². The van der Waals surface area contributed by atoms with Crippen LogP contribution in [0.2, 0.25) is 0 Å². The molecule has 1 rings (SSSR count). The van der Waals surface area contributed by atoms with Crippen LogP contribution in [-0.4, -0.2) is 17.2 Å². The van der Waals surface area contributed by atoms with Crippen LogP contribution in [0.4, 0.5) is 0 Å². The number of hydrogen-bond donors (Lipinski definition) is 1. The molecule has 2 atom stereocenters. The molecule has 3 heteroatoms. The molecular formula is C9H13O3-. The first-order chi connectivity index (χ1) is 5.63. The molecule has 0 spiro atoms. The van der Waals surface area contributed by atoms with E-state index in [-0.39, 0.29) is 11.5 Å². The van der Waals surface area contributed by atoms with Crippen molar-refractivity contribution in [2.45, 2.75) is 31.8 Å². The molecule has 1 saturated carbocycles. The Bertz CT molecular complexity index is 198. The summed E-state index contributed by atoms with van der Waals surface area (Å²) in [5.41, 5.74) is 0.0437. The lowest BCUT2D eigenvalue weighted by Crippen LogP contribution is -2.34. The normalized spacial score (nSPS) is 29.8. The van der Waals surface area contributed by atoms with E-state index in [9.17, 15) is 15.0 Å². The maximum Gasteiger partial charge on any atom is 0.0672 e.